The molecule has 19 heavy (non-hydrogen) atoms. The topological polar surface area (TPSA) is 72.2 Å². The number of nitrogens with one attached hydrogen (secondary N) is 1. The van der Waals surface area contributed by atoms with E-state index >= 15 is 0 Å². The van der Waals surface area contributed by atoms with E-state index in [2.05, 4.69) is 20.6 Å². The van der Waals surface area contributed by atoms with Crippen molar-refractivity contribution in [2.24, 2.45) is 0 Å². The average Bonchev–Trinajstić information content (AvgIpc) is 2.97. The van der Waals surface area contributed by atoms with Crippen LogP contribution in [0, 0.1) is 0 Å². The lowest BCUT2D eigenvalue weighted by atomic mass is 10.2. The molecule has 0 radical (unpaired) electrons. The highest BCUT2D eigenvalue weighted by Crippen LogP contribution is 2.12. The molecule has 0 saturated carbocycles. The predicted molar refractivity (Wildman–Crippen MR) is 71.3 cm³/mol. The van der Waals surface area contributed by atoms with Crippen molar-refractivity contribution in [3.63, 3.8) is 0 Å². The molecule has 96 valence electrons. The third-order valence-electron chi connectivity index (χ3n) is 2.44. The molecular formula is C11H8ClN5OS. The Kier molecular flexibility index (Phi) is 3.14. The Morgan fingerprint density at radius 3 is 2.89 bits per heavy atom. The van der Waals surface area contributed by atoms with Crippen LogP contribution in [0.25, 0.3) is 4.96 Å². The smallest absolute Gasteiger partial charge is 0.251 e. The van der Waals surface area contributed by atoms with Gasteiger partial charge in [-0.2, -0.15) is 9.61 Å². The second-order valence-corrected chi connectivity index (χ2v) is 5.22. The van der Waals surface area contributed by atoms with Gasteiger partial charge in [0.05, 0.1) is 6.54 Å². The largest absolute Gasteiger partial charge is 0.345 e. The molecule has 0 saturated heterocycles. The predicted octanol–water partition coefficient (Wildman–Crippen LogP) is 1.77. The number of aromatic nitrogens is 4. The summed E-state index contributed by atoms with van der Waals surface area (Å²) in [5, 5.41) is 16.0. The van der Waals surface area contributed by atoms with Gasteiger partial charge in [0.15, 0.2) is 0 Å². The Bertz CT molecular complexity index is 692. The van der Waals surface area contributed by atoms with Crippen molar-refractivity contribution >= 4 is 33.8 Å². The second-order valence-electron chi connectivity index (χ2n) is 3.74. The van der Waals surface area contributed by atoms with Crippen LogP contribution < -0.4 is 5.32 Å². The van der Waals surface area contributed by atoms with E-state index < -0.39 is 0 Å². The van der Waals surface area contributed by atoms with E-state index in [0.29, 0.717) is 22.1 Å². The Morgan fingerprint density at radius 2 is 2.16 bits per heavy atom. The molecular weight excluding hydrogens is 286 g/mol. The Hall–Kier alpha value is -1.99. The van der Waals surface area contributed by atoms with Gasteiger partial charge in [0.1, 0.15) is 11.3 Å². The van der Waals surface area contributed by atoms with Crippen LogP contribution in [0.3, 0.4) is 0 Å². The van der Waals surface area contributed by atoms with Crippen molar-refractivity contribution < 1.29 is 4.79 Å². The fraction of sp³-hybridized carbons (Fsp3) is 0.0909. The van der Waals surface area contributed by atoms with E-state index in [1.807, 2.05) is 0 Å². The first-order chi connectivity index (χ1) is 9.22. The number of benzene rings is 1. The zero-order valence-corrected chi connectivity index (χ0v) is 11.1. The number of carbonyl (C=O) groups excluding carboxylic acids is 1. The average molecular weight is 294 g/mol. The van der Waals surface area contributed by atoms with Crippen LogP contribution in [0.2, 0.25) is 5.02 Å². The standard InChI is InChI=1S/C11H8ClN5OS/c12-8-3-1-7(2-4-8)10(18)13-5-9-16-17-6-14-15-11(17)19-9/h1-4,6H,5H2,(H,13,18). The molecule has 0 atom stereocenters. The summed E-state index contributed by atoms with van der Waals surface area (Å²) < 4.78 is 1.58. The highest BCUT2D eigenvalue weighted by molar-refractivity contribution is 7.16. The minimum absolute atomic E-state index is 0.164. The maximum Gasteiger partial charge on any atom is 0.251 e. The molecule has 0 fully saturated rings. The lowest BCUT2D eigenvalue weighted by molar-refractivity contribution is 0.0951. The Morgan fingerprint density at radius 1 is 1.37 bits per heavy atom. The molecule has 1 N–H and O–H groups in total. The molecule has 1 aromatic carbocycles. The van der Waals surface area contributed by atoms with E-state index in [9.17, 15) is 4.79 Å². The van der Waals surface area contributed by atoms with Crippen molar-refractivity contribution in [2.45, 2.75) is 6.54 Å². The summed E-state index contributed by atoms with van der Waals surface area (Å²) in [5.41, 5.74) is 0.562. The van der Waals surface area contributed by atoms with Crippen LogP contribution in [0.4, 0.5) is 0 Å². The molecule has 1 amide bonds. The van der Waals surface area contributed by atoms with Crippen LogP contribution in [-0.4, -0.2) is 25.7 Å². The minimum atomic E-state index is -0.164. The number of rotatable bonds is 3. The third kappa shape index (κ3) is 2.56. The van der Waals surface area contributed by atoms with E-state index in [1.54, 1.807) is 28.8 Å². The monoisotopic (exact) mass is 293 g/mol. The number of hydrogen-bond donors (Lipinski definition) is 1. The maximum absolute atomic E-state index is 11.9. The minimum Gasteiger partial charge on any atom is -0.345 e. The fourth-order valence-corrected chi connectivity index (χ4v) is 2.41. The first-order valence-corrected chi connectivity index (χ1v) is 6.61. The molecule has 6 nitrogen and oxygen atoms in total. The molecule has 3 aromatic rings. The van der Waals surface area contributed by atoms with Gasteiger partial charge >= 0.3 is 0 Å². The van der Waals surface area contributed by atoms with Gasteiger partial charge in [-0.1, -0.05) is 22.9 Å². The Labute approximate surface area is 117 Å². The van der Waals surface area contributed by atoms with Crippen LogP contribution in [0.15, 0.2) is 30.6 Å². The fourth-order valence-electron chi connectivity index (χ4n) is 1.53. The summed E-state index contributed by atoms with van der Waals surface area (Å²) in [6.45, 7) is 0.357. The lowest BCUT2D eigenvalue weighted by Gasteiger charge is -2.02. The van der Waals surface area contributed by atoms with Crippen molar-refractivity contribution in [1.29, 1.82) is 0 Å². The molecule has 2 heterocycles. The summed E-state index contributed by atoms with van der Waals surface area (Å²) >= 11 is 7.15. The van der Waals surface area contributed by atoms with Gasteiger partial charge in [0, 0.05) is 10.6 Å². The molecule has 0 unspecified atom stereocenters. The van der Waals surface area contributed by atoms with Gasteiger partial charge in [0.2, 0.25) is 4.96 Å². The first kappa shape index (κ1) is 12.1. The van der Waals surface area contributed by atoms with Crippen molar-refractivity contribution in [1.82, 2.24) is 25.1 Å². The number of nitrogens with zero attached hydrogens (tertiary/aromatic N) is 4. The molecule has 0 aliphatic heterocycles. The van der Waals surface area contributed by atoms with Crippen molar-refractivity contribution in [3.05, 3.63) is 46.2 Å². The second kappa shape index (κ2) is 4.94. The zero-order chi connectivity index (χ0) is 13.2. The molecule has 3 rings (SSSR count). The third-order valence-corrected chi connectivity index (χ3v) is 3.60. The SMILES string of the molecule is O=C(NCc1nn2cnnc2s1)c1ccc(Cl)cc1. The van der Waals surface area contributed by atoms with Gasteiger partial charge in [-0.25, -0.2) is 0 Å². The molecule has 0 bridgehead atoms. The van der Waals surface area contributed by atoms with Gasteiger partial charge in [0.25, 0.3) is 5.91 Å². The normalized spacial score (nSPS) is 10.8. The molecule has 0 aliphatic carbocycles. The van der Waals surface area contributed by atoms with Crippen LogP contribution in [-0.2, 0) is 6.54 Å². The highest BCUT2D eigenvalue weighted by Gasteiger charge is 2.08. The number of carbonyl (C=O) groups is 1. The van der Waals surface area contributed by atoms with Gasteiger partial charge in [-0.05, 0) is 24.3 Å². The number of halogens is 1. The molecule has 2 aromatic heterocycles. The van der Waals surface area contributed by atoms with Crippen LogP contribution in [0.5, 0.6) is 0 Å². The van der Waals surface area contributed by atoms with Crippen molar-refractivity contribution in [2.75, 3.05) is 0 Å². The van der Waals surface area contributed by atoms with E-state index in [1.165, 1.54) is 17.7 Å². The Balaban J connectivity index is 1.67. The summed E-state index contributed by atoms with van der Waals surface area (Å²) in [5.74, 6) is -0.164. The van der Waals surface area contributed by atoms with Gasteiger partial charge in [-0.15, -0.1) is 10.2 Å². The first-order valence-electron chi connectivity index (χ1n) is 5.42. The number of fused-ring (bicyclic) bond motifs is 1. The van der Waals surface area contributed by atoms with Crippen LogP contribution in [0.1, 0.15) is 15.4 Å². The molecule has 0 aliphatic rings. The number of hydrogen-bond acceptors (Lipinski definition) is 5. The van der Waals surface area contributed by atoms with E-state index in [0.717, 1.165) is 5.01 Å². The van der Waals surface area contributed by atoms with E-state index in [4.69, 9.17) is 11.6 Å². The summed E-state index contributed by atoms with van der Waals surface area (Å²) in [6, 6.07) is 6.71. The van der Waals surface area contributed by atoms with Gasteiger partial charge < -0.3 is 5.32 Å². The van der Waals surface area contributed by atoms with Gasteiger partial charge in [-0.3, -0.25) is 4.79 Å². The highest BCUT2D eigenvalue weighted by atomic mass is 35.5. The maximum atomic E-state index is 11.9. The van der Waals surface area contributed by atoms with Crippen molar-refractivity contribution in [3.8, 4) is 0 Å². The quantitative estimate of drug-likeness (QED) is 0.799. The lowest BCUT2D eigenvalue weighted by Crippen LogP contribution is -2.22. The molecule has 8 heteroatoms. The summed E-state index contributed by atoms with van der Waals surface area (Å²) in [6.07, 6.45) is 1.52. The summed E-state index contributed by atoms with van der Waals surface area (Å²) in [4.78, 5) is 12.6. The summed E-state index contributed by atoms with van der Waals surface area (Å²) in [7, 11) is 0. The van der Waals surface area contributed by atoms with Crippen LogP contribution >= 0.6 is 22.9 Å². The molecule has 0 spiro atoms. The zero-order valence-electron chi connectivity index (χ0n) is 9.58. The van der Waals surface area contributed by atoms with E-state index in [-0.39, 0.29) is 5.91 Å². The number of amides is 1.